The molecule has 0 amide bonds. The molecule has 0 bridgehead atoms. The van der Waals surface area contributed by atoms with Crippen LogP contribution in [0.15, 0.2) is 28.8 Å². The second kappa shape index (κ2) is 4.97. The summed E-state index contributed by atoms with van der Waals surface area (Å²) in [6, 6.07) is 7.51. The van der Waals surface area contributed by atoms with E-state index in [1.165, 1.54) is 0 Å². The van der Waals surface area contributed by atoms with E-state index in [1.807, 2.05) is 24.3 Å². The number of para-hydroxylation sites is 1. The van der Waals surface area contributed by atoms with Gasteiger partial charge in [0.15, 0.2) is 5.82 Å². The van der Waals surface area contributed by atoms with Crippen LogP contribution in [0, 0.1) is 0 Å². The van der Waals surface area contributed by atoms with Crippen LogP contribution in [0.4, 0.5) is 0 Å². The molecule has 0 saturated heterocycles. The molecule has 0 aliphatic heterocycles. The quantitative estimate of drug-likeness (QED) is 0.869. The highest BCUT2D eigenvalue weighted by molar-refractivity contribution is 5.35. The van der Waals surface area contributed by atoms with E-state index in [0.717, 1.165) is 11.3 Å². The molecule has 0 unspecified atom stereocenters. The summed E-state index contributed by atoms with van der Waals surface area (Å²) in [6.45, 7) is 1.81. The Kier molecular flexibility index (Phi) is 3.39. The molecule has 0 radical (unpaired) electrons. The van der Waals surface area contributed by atoms with Crippen LogP contribution in [-0.2, 0) is 6.42 Å². The van der Waals surface area contributed by atoms with Gasteiger partial charge in [0.25, 0.3) is 0 Å². The molecule has 0 fully saturated rings. The minimum absolute atomic E-state index is 0.242. The minimum atomic E-state index is -0.242. The van der Waals surface area contributed by atoms with Gasteiger partial charge >= 0.3 is 0 Å². The van der Waals surface area contributed by atoms with E-state index in [-0.39, 0.29) is 6.04 Å². The molecule has 0 saturated carbocycles. The first-order valence-corrected chi connectivity index (χ1v) is 5.40. The fourth-order valence-electron chi connectivity index (χ4n) is 1.54. The smallest absolute Gasteiger partial charge is 0.243 e. The number of hydrogen-bond donors (Lipinski definition) is 1. The van der Waals surface area contributed by atoms with Gasteiger partial charge in [-0.05, 0) is 13.0 Å². The van der Waals surface area contributed by atoms with E-state index in [2.05, 4.69) is 10.1 Å². The first kappa shape index (κ1) is 11.6. The first-order chi connectivity index (χ1) is 8.20. The molecule has 0 spiro atoms. The third kappa shape index (κ3) is 2.62. The van der Waals surface area contributed by atoms with Crippen molar-refractivity contribution in [1.29, 1.82) is 0 Å². The van der Waals surface area contributed by atoms with Gasteiger partial charge in [-0.15, -0.1) is 0 Å². The van der Waals surface area contributed by atoms with Crippen molar-refractivity contribution in [3.63, 3.8) is 0 Å². The highest BCUT2D eigenvalue weighted by Crippen LogP contribution is 2.20. The van der Waals surface area contributed by atoms with Gasteiger partial charge in [-0.3, -0.25) is 0 Å². The summed E-state index contributed by atoms with van der Waals surface area (Å²) in [4.78, 5) is 4.22. The Morgan fingerprint density at radius 2 is 2.18 bits per heavy atom. The summed E-state index contributed by atoms with van der Waals surface area (Å²) in [5, 5.41) is 3.89. The normalized spacial score (nSPS) is 12.4. The van der Waals surface area contributed by atoms with Gasteiger partial charge in [0.2, 0.25) is 5.89 Å². The van der Waals surface area contributed by atoms with Crippen LogP contribution in [0.2, 0.25) is 0 Å². The third-order valence-corrected chi connectivity index (χ3v) is 2.41. The van der Waals surface area contributed by atoms with Crippen LogP contribution in [0.5, 0.6) is 5.75 Å². The molecule has 2 aromatic rings. The standard InChI is InChI=1S/C12H15N3O2/c1-8(13)12-14-11(15-17-12)7-9-5-3-4-6-10(9)16-2/h3-6,8H,7,13H2,1-2H3/t8-/m1/s1. The van der Waals surface area contributed by atoms with E-state index in [0.29, 0.717) is 18.1 Å². The van der Waals surface area contributed by atoms with Gasteiger partial charge in [0, 0.05) is 12.0 Å². The van der Waals surface area contributed by atoms with Crippen molar-refractivity contribution < 1.29 is 9.26 Å². The Labute approximate surface area is 99.6 Å². The highest BCUT2D eigenvalue weighted by atomic mass is 16.5. The van der Waals surface area contributed by atoms with E-state index >= 15 is 0 Å². The average molecular weight is 233 g/mol. The van der Waals surface area contributed by atoms with Gasteiger partial charge < -0.3 is 15.0 Å². The molecule has 1 atom stereocenters. The summed E-state index contributed by atoms with van der Waals surface area (Å²) >= 11 is 0. The topological polar surface area (TPSA) is 74.2 Å². The fourth-order valence-corrected chi connectivity index (χ4v) is 1.54. The Balaban J connectivity index is 2.19. The van der Waals surface area contributed by atoms with Crippen molar-refractivity contribution in [3.8, 4) is 5.75 Å². The number of methoxy groups -OCH3 is 1. The summed E-state index contributed by atoms with van der Waals surface area (Å²) in [7, 11) is 1.64. The average Bonchev–Trinajstić information content (AvgIpc) is 2.78. The number of aromatic nitrogens is 2. The molecule has 0 aliphatic carbocycles. The van der Waals surface area contributed by atoms with Crippen LogP contribution in [0.3, 0.4) is 0 Å². The number of ether oxygens (including phenoxy) is 1. The Bertz CT molecular complexity index is 494. The van der Waals surface area contributed by atoms with Crippen LogP contribution in [-0.4, -0.2) is 17.3 Å². The predicted octanol–water partition coefficient (Wildman–Crippen LogP) is 1.69. The molecular formula is C12H15N3O2. The number of nitrogens with two attached hydrogens (primary N) is 1. The van der Waals surface area contributed by atoms with Crippen LogP contribution < -0.4 is 10.5 Å². The molecule has 2 rings (SSSR count). The van der Waals surface area contributed by atoms with Gasteiger partial charge in [-0.2, -0.15) is 4.98 Å². The largest absolute Gasteiger partial charge is 0.496 e. The lowest BCUT2D eigenvalue weighted by molar-refractivity contribution is 0.357. The Morgan fingerprint density at radius 3 is 2.82 bits per heavy atom. The maximum atomic E-state index is 5.66. The zero-order chi connectivity index (χ0) is 12.3. The maximum Gasteiger partial charge on any atom is 0.243 e. The molecule has 1 heterocycles. The number of rotatable bonds is 4. The SMILES string of the molecule is COc1ccccc1Cc1noc([C@@H](C)N)n1. The van der Waals surface area contributed by atoms with Crippen LogP contribution in [0.25, 0.3) is 0 Å². The van der Waals surface area contributed by atoms with Crippen molar-refractivity contribution in [2.45, 2.75) is 19.4 Å². The molecule has 2 N–H and O–H groups in total. The third-order valence-electron chi connectivity index (χ3n) is 2.41. The second-order valence-corrected chi connectivity index (χ2v) is 3.83. The van der Waals surface area contributed by atoms with E-state index in [1.54, 1.807) is 14.0 Å². The molecule has 1 aromatic carbocycles. The molecule has 0 aliphatic rings. The van der Waals surface area contributed by atoms with Crippen LogP contribution in [0.1, 0.15) is 30.2 Å². The first-order valence-electron chi connectivity index (χ1n) is 5.40. The summed E-state index contributed by atoms with van der Waals surface area (Å²) in [6.07, 6.45) is 0.570. The lowest BCUT2D eigenvalue weighted by Gasteiger charge is -2.05. The summed E-state index contributed by atoms with van der Waals surface area (Å²) in [5.74, 6) is 1.89. The molecule has 5 heteroatoms. The van der Waals surface area contributed by atoms with Crippen molar-refractivity contribution in [2.75, 3.05) is 7.11 Å². The van der Waals surface area contributed by atoms with Crippen molar-refractivity contribution >= 4 is 0 Å². The van der Waals surface area contributed by atoms with Gasteiger partial charge in [0.05, 0.1) is 13.2 Å². The number of hydrogen-bond acceptors (Lipinski definition) is 5. The highest BCUT2D eigenvalue weighted by Gasteiger charge is 2.12. The maximum absolute atomic E-state index is 5.66. The predicted molar refractivity (Wildman–Crippen MR) is 62.7 cm³/mol. The lowest BCUT2D eigenvalue weighted by atomic mass is 10.1. The van der Waals surface area contributed by atoms with Crippen LogP contribution >= 0.6 is 0 Å². The number of nitrogens with zero attached hydrogens (tertiary/aromatic N) is 2. The van der Waals surface area contributed by atoms with Crippen molar-refractivity contribution in [3.05, 3.63) is 41.5 Å². The monoisotopic (exact) mass is 233 g/mol. The zero-order valence-electron chi connectivity index (χ0n) is 9.88. The molecular weight excluding hydrogens is 218 g/mol. The van der Waals surface area contributed by atoms with Gasteiger partial charge in [0.1, 0.15) is 5.75 Å². The number of benzene rings is 1. The lowest BCUT2D eigenvalue weighted by Crippen LogP contribution is -2.05. The van der Waals surface area contributed by atoms with E-state index in [9.17, 15) is 0 Å². The van der Waals surface area contributed by atoms with Gasteiger partial charge in [-0.1, -0.05) is 23.4 Å². The molecule has 1 aromatic heterocycles. The zero-order valence-corrected chi connectivity index (χ0v) is 9.88. The summed E-state index contributed by atoms with van der Waals surface area (Å²) in [5.41, 5.74) is 6.68. The van der Waals surface area contributed by atoms with E-state index < -0.39 is 0 Å². The second-order valence-electron chi connectivity index (χ2n) is 3.83. The van der Waals surface area contributed by atoms with Crippen molar-refractivity contribution in [1.82, 2.24) is 10.1 Å². The molecule has 17 heavy (non-hydrogen) atoms. The Hall–Kier alpha value is -1.88. The van der Waals surface area contributed by atoms with E-state index in [4.69, 9.17) is 15.0 Å². The molecule has 5 nitrogen and oxygen atoms in total. The molecule has 90 valence electrons. The fraction of sp³-hybridized carbons (Fsp3) is 0.333. The van der Waals surface area contributed by atoms with Crippen molar-refractivity contribution in [2.24, 2.45) is 5.73 Å². The Morgan fingerprint density at radius 1 is 1.41 bits per heavy atom. The minimum Gasteiger partial charge on any atom is -0.496 e. The summed E-state index contributed by atoms with van der Waals surface area (Å²) < 4.78 is 10.3. The van der Waals surface area contributed by atoms with Gasteiger partial charge in [-0.25, -0.2) is 0 Å².